The van der Waals surface area contributed by atoms with Gasteiger partial charge in [0.1, 0.15) is 11.9 Å². The number of aromatic nitrogens is 1. The van der Waals surface area contributed by atoms with Crippen LogP contribution in [0.3, 0.4) is 0 Å². The molecular weight excluding hydrogens is 248 g/mol. The molecule has 3 heteroatoms. The number of aryl methyl sites for hydroxylation is 3. The molecule has 0 amide bonds. The highest BCUT2D eigenvalue weighted by molar-refractivity contribution is 5.75. The summed E-state index contributed by atoms with van der Waals surface area (Å²) in [6, 6.07) is 8.56. The number of rotatable bonds is 2. The summed E-state index contributed by atoms with van der Waals surface area (Å²) in [5.41, 5.74) is 12.6. The van der Waals surface area contributed by atoms with Gasteiger partial charge in [-0.05, 0) is 44.0 Å². The number of hydrogen-bond donors (Lipinski definition) is 1. The number of pyridine rings is 1. The van der Waals surface area contributed by atoms with Gasteiger partial charge in [0.25, 0.3) is 0 Å². The third kappa shape index (κ3) is 2.18. The predicted octanol–water partition coefficient (Wildman–Crippen LogP) is 2.94. The molecule has 1 aliphatic rings. The van der Waals surface area contributed by atoms with E-state index in [1.165, 1.54) is 11.1 Å². The highest BCUT2D eigenvalue weighted by atomic mass is 16.5. The number of fused-ring (bicyclic) bond motifs is 1. The van der Waals surface area contributed by atoms with Gasteiger partial charge in [-0.3, -0.25) is 4.98 Å². The topological polar surface area (TPSA) is 48.1 Å². The summed E-state index contributed by atoms with van der Waals surface area (Å²) < 4.78 is 6.03. The first kappa shape index (κ1) is 13.1. The van der Waals surface area contributed by atoms with E-state index in [2.05, 4.69) is 30.1 Å². The lowest BCUT2D eigenvalue weighted by Gasteiger charge is -2.13. The van der Waals surface area contributed by atoms with E-state index in [9.17, 15) is 0 Å². The van der Waals surface area contributed by atoms with Crippen molar-refractivity contribution in [1.29, 1.82) is 0 Å². The number of ether oxygens (including phenoxy) is 1. The molecule has 104 valence electrons. The highest BCUT2D eigenvalue weighted by Gasteiger charge is 2.25. The van der Waals surface area contributed by atoms with Crippen LogP contribution in [-0.2, 0) is 6.42 Å². The first-order valence-corrected chi connectivity index (χ1v) is 7.03. The van der Waals surface area contributed by atoms with Crippen LogP contribution in [0.1, 0.15) is 22.5 Å². The fraction of sp³-hybridized carbons (Fsp3) is 0.353. The van der Waals surface area contributed by atoms with Crippen LogP contribution in [0.2, 0.25) is 0 Å². The maximum Gasteiger partial charge on any atom is 0.131 e. The SMILES string of the molecule is Cc1cc2c(c(-c3ccc(C)nc3C)c1)O[C@H](CN)C2. The van der Waals surface area contributed by atoms with Gasteiger partial charge >= 0.3 is 0 Å². The lowest BCUT2D eigenvalue weighted by molar-refractivity contribution is 0.242. The summed E-state index contributed by atoms with van der Waals surface area (Å²) in [6.45, 7) is 6.74. The van der Waals surface area contributed by atoms with Crippen molar-refractivity contribution in [3.8, 4) is 16.9 Å². The Morgan fingerprint density at radius 3 is 2.70 bits per heavy atom. The van der Waals surface area contributed by atoms with Crippen molar-refractivity contribution in [2.75, 3.05) is 6.54 Å². The van der Waals surface area contributed by atoms with Gasteiger partial charge in [-0.25, -0.2) is 0 Å². The van der Waals surface area contributed by atoms with E-state index in [4.69, 9.17) is 10.5 Å². The molecule has 0 fully saturated rings. The Bertz CT molecular complexity index is 664. The fourth-order valence-electron chi connectivity index (χ4n) is 2.90. The van der Waals surface area contributed by atoms with Crippen LogP contribution in [0, 0.1) is 20.8 Å². The minimum Gasteiger partial charge on any atom is -0.488 e. The van der Waals surface area contributed by atoms with Crippen LogP contribution in [0.25, 0.3) is 11.1 Å². The number of nitrogens with zero attached hydrogens (tertiary/aromatic N) is 1. The fourth-order valence-corrected chi connectivity index (χ4v) is 2.90. The minimum absolute atomic E-state index is 0.101. The third-order valence-corrected chi connectivity index (χ3v) is 3.82. The summed E-state index contributed by atoms with van der Waals surface area (Å²) in [5, 5.41) is 0. The van der Waals surface area contributed by atoms with Crippen molar-refractivity contribution in [2.45, 2.75) is 33.3 Å². The van der Waals surface area contributed by atoms with E-state index in [1.54, 1.807) is 0 Å². The molecule has 1 aromatic heterocycles. The monoisotopic (exact) mass is 268 g/mol. The Kier molecular flexibility index (Phi) is 3.22. The number of benzene rings is 1. The first-order valence-electron chi connectivity index (χ1n) is 7.03. The van der Waals surface area contributed by atoms with Gasteiger partial charge in [-0.15, -0.1) is 0 Å². The van der Waals surface area contributed by atoms with Crippen molar-refractivity contribution >= 4 is 0 Å². The molecule has 2 N–H and O–H groups in total. The van der Waals surface area contributed by atoms with E-state index in [0.29, 0.717) is 6.54 Å². The summed E-state index contributed by atoms with van der Waals surface area (Å²) in [4.78, 5) is 4.56. The smallest absolute Gasteiger partial charge is 0.131 e. The molecule has 0 aliphatic carbocycles. The van der Waals surface area contributed by atoms with Gasteiger partial charge in [-0.1, -0.05) is 12.1 Å². The Hall–Kier alpha value is -1.87. The maximum atomic E-state index is 6.03. The molecule has 0 radical (unpaired) electrons. The predicted molar refractivity (Wildman–Crippen MR) is 81.1 cm³/mol. The second kappa shape index (κ2) is 4.91. The minimum atomic E-state index is 0.101. The second-order valence-corrected chi connectivity index (χ2v) is 5.57. The molecule has 3 rings (SSSR count). The molecule has 0 unspecified atom stereocenters. The van der Waals surface area contributed by atoms with Crippen LogP contribution in [-0.4, -0.2) is 17.6 Å². The Morgan fingerprint density at radius 2 is 2.00 bits per heavy atom. The molecule has 1 aromatic carbocycles. The van der Waals surface area contributed by atoms with Crippen molar-refractivity contribution < 1.29 is 4.74 Å². The molecular formula is C17H20N2O. The van der Waals surface area contributed by atoms with E-state index < -0.39 is 0 Å². The molecule has 0 saturated heterocycles. The Labute approximate surface area is 119 Å². The van der Waals surface area contributed by atoms with Crippen LogP contribution >= 0.6 is 0 Å². The Morgan fingerprint density at radius 1 is 1.20 bits per heavy atom. The average Bonchev–Trinajstić information content (AvgIpc) is 2.81. The zero-order valence-electron chi connectivity index (χ0n) is 12.2. The highest BCUT2D eigenvalue weighted by Crippen LogP contribution is 2.40. The van der Waals surface area contributed by atoms with E-state index >= 15 is 0 Å². The van der Waals surface area contributed by atoms with Gasteiger partial charge < -0.3 is 10.5 Å². The summed E-state index contributed by atoms with van der Waals surface area (Å²) in [5.74, 6) is 0.986. The largest absolute Gasteiger partial charge is 0.488 e. The molecule has 0 bridgehead atoms. The lowest BCUT2D eigenvalue weighted by Crippen LogP contribution is -2.24. The van der Waals surface area contributed by atoms with E-state index in [0.717, 1.165) is 34.7 Å². The van der Waals surface area contributed by atoms with E-state index in [1.807, 2.05) is 19.9 Å². The van der Waals surface area contributed by atoms with Gasteiger partial charge in [0.05, 0.1) is 0 Å². The standard InChI is InChI=1S/C17H20N2O/c1-10-6-13-8-14(9-18)20-17(13)16(7-10)15-5-4-11(2)19-12(15)3/h4-7,14H,8-9,18H2,1-3H3/t14-/m0/s1. The summed E-state index contributed by atoms with van der Waals surface area (Å²) in [6.07, 6.45) is 1.00. The zero-order chi connectivity index (χ0) is 14.3. The molecule has 1 atom stereocenters. The van der Waals surface area contributed by atoms with Gasteiger partial charge in [0.15, 0.2) is 0 Å². The zero-order valence-corrected chi connectivity index (χ0v) is 12.2. The van der Waals surface area contributed by atoms with Crippen molar-refractivity contribution in [3.05, 3.63) is 46.8 Å². The molecule has 20 heavy (non-hydrogen) atoms. The Balaban J connectivity index is 2.15. The molecule has 2 aromatic rings. The molecule has 2 heterocycles. The number of nitrogens with two attached hydrogens (primary N) is 1. The van der Waals surface area contributed by atoms with Crippen molar-refractivity contribution in [1.82, 2.24) is 4.98 Å². The van der Waals surface area contributed by atoms with Crippen LogP contribution in [0.5, 0.6) is 5.75 Å². The quantitative estimate of drug-likeness (QED) is 0.911. The van der Waals surface area contributed by atoms with Crippen LogP contribution in [0.15, 0.2) is 24.3 Å². The van der Waals surface area contributed by atoms with Crippen LogP contribution in [0.4, 0.5) is 0 Å². The second-order valence-electron chi connectivity index (χ2n) is 5.57. The van der Waals surface area contributed by atoms with Gasteiger partial charge in [-0.2, -0.15) is 0 Å². The van der Waals surface area contributed by atoms with Crippen LogP contribution < -0.4 is 10.5 Å². The lowest BCUT2D eigenvalue weighted by atomic mass is 9.97. The van der Waals surface area contributed by atoms with Crippen molar-refractivity contribution in [3.63, 3.8) is 0 Å². The molecule has 3 nitrogen and oxygen atoms in total. The van der Waals surface area contributed by atoms with Crippen molar-refractivity contribution in [2.24, 2.45) is 5.73 Å². The van der Waals surface area contributed by atoms with Gasteiger partial charge in [0.2, 0.25) is 0 Å². The third-order valence-electron chi connectivity index (χ3n) is 3.82. The van der Waals surface area contributed by atoms with Gasteiger partial charge in [0, 0.05) is 35.5 Å². The number of hydrogen-bond acceptors (Lipinski definition) is 3. The maximum absolute atomic E-state index is 6.03. The van der Waals surface area contributed by atoms with E-state index in [-0.39, 0.29) is 6.10 Å². The molecule has 1 aliphatic heterocycles. The molecule has 0 saturated carbocycles. The average molecular weight is 268 g/mol. The normalized spacial score (nSPS) is 16.9. The summed E-state index contributed by atoms with van der Waals surface area (Å²) >= 11 is 0. The summed E-state index contributed by atoms with van der Waals surface area (Å²) in [7, 11) is 0. The first-order chi connectivity index (χ1) is 9.58. The molecule has 0 spiro atoms.